The lowest BCUT2D eigenvalue weighted by Gasteiger charge is -2.42. The fraction of sp³-hybridized carbons (Fsp3) is 0.412. The van der Waals surface area contributed by atoms with Crippen LogP contribution < -0.4 is 5.73 Å². The van der Waals surface area contributed by atoms with E-state index in [1.165, 1.54) is 16.8 Å². The standard InChI is InChI=1S/C17H20F2N4O/c1-17(16(20)24)7-2-3-8-22(17)11-13-6-9-23(21-13)15-5-4-12(18)10-14(15)19/h4-6,9-10H,2-3,7-8,11H2,1H3,(H2,20,24)/t17-/m1/s1. The Bertz CT molecular complexity index is 761. The van der Waals surface area contributed by atoms with Crippen molar-refractivity contribution in [1.29, 1.82) is 0 Å². The van der Waals surface area contributed by atoms with Crippen molar-refractivity contribution in [3.63, 3.8) is 0 Å². The molecule has 0 bridgehead atoms. The summed E-state index contributed by atoms with van der Waals surface area (Å²) in [6.07, 6.45) is 4.30. The van der Waals surface area contributed by atoms with E-state index < -0.39 is 17.2 Å². The van der Waals surface area contributed by atoms with Gasteiger partial charge in [0.2, 0.25) is 5.91 Å². The first-order valence-corrected chi connectivity index (χ1v) is 7.95. The van der Waals surface area contributed by atoms with Gasteiger partial charge in [-0.3, -0.25) is 9.69 Å². The highest BCUT2D eigenvalue weighted by atomic mass is 19.1. The topological polar surface area (TPSA) is 64.2 Å². The predicted molar refractivity (Wildman–Crippen MR) is 85.3 cm³/mol. The van der Waals surface area contributed by atoms with Crippen LogP contribution in [0, 0.1) is 11.6 Å². The largest absolute Gasteiger partial charge is 0.368 e. The summed E-state index contributed by atoms with van der Waals surface area (Å²) in [5.74, 6) is -1.65. The van der Waals surface area contributed by atoms with Gasteiger partial charge >= 0.3 is 0 Å². The fourth-order valence-electron chi connectivity index (χ4n) is 3.15. The van der Waals surface area contributed by atoms with Crippen molar-refractivity contribution in [3.05, 3.63) is 47.8 Å². The van der Waals surface area contributed by atoms with Crippen molar-refractivity contribution in [1.82, 2.24) is 14.7 Å². The Labute approximate surface area is 139 Å². The summed E-state index contributed by atoms with van der Waals surface area (Å²) in [6.45, 7) is 3.07. The van der Waals surface area contributed by atoms with Gasteiger partial charge in [0.1, 0.15) is 11.5 Å². The third-order valence-electron chi connectivity index (χ3n) is 4.72. The zero-order chi connectivity index (χ0) is 17.3. The highest BCUT2D eigenvalue weighted by Crippen LogP contribution is 2.29. The summed E-state index contributed by atoms with van der Waals surface area (Å²) < 4.78 is 28.2. The van der Waals surface area contributed by atoms with Gasteiger partial charge in [0.15, 0.2) is 5.82 Å². The van der Waals surface area contributed by atoms with Crippen LogP contribution in [0.4, 0.5) is 8.78 Å². The van der Waals surface area contributed by atoms with E-state index in [1.807, 2.05) is 11.8 Å². The van der Waals surface area contributed by atoms with Crippen LogP contribution in [0.5, 0.6) is 0 Å². The number of piperidine rings is 1. The number of nitrogens with two attached hydrogens (primary N) is 1. The number of amides is 1. The number of rotatable bonds is 4. The Balaban J connectivity index is 1.82. The zero-order valence-electron chi connectivity index (χ0n) is 13.5. The molecule has 1 aromatic carbocycles. The molecule has 2 heterocycles. The smallest absolute Gasteiger partial charge is 0.237 e. The van der Waals surface area contributed by atoms with Crippen molar-refractivity contribution in [3.8, 4) is 5.69 Å². The monoisotopic (exact) mass is 334 g/mol. The van der Waals surface area contributed by atoms with Gasteiger partial charge < -0.3 is 5.73 Å². The Hall–Kier alpha value is -2.28. The molecule has 2 aromatic rings. The highest BCUT2D eigenvalue weighted by molar-refractivity contribution is 5.84. The molecule has 0 spiro atoms. The SMILES string of the molecule is C[C@]1(C(N)=O)CCCCN1Cc1ccn(-c2ccc(F)cc2F)n1. The molecule has 0 aliphatic carbocycles. The third kappa shape index (κ3) is 3.03. The average molecular weight is 334 g/mol. The molecule has 1 fully saturated rings. The van der Waals surface area contributed by atoms with Gasteiger partial charge in [0.25, 0.3) is 0 Å². The molecule has 0 radical (unpaired) electrons. The number of primary amides is 1. The molecule has 0 unspecified atom stereocenters. The van der Waals surface area contributed by atoms with E-state index in [4.69, 9.17) is 5.73 Å². The molecule has 3 rings (SSSR count). The summed E-state index contributed by atoms with van der Waals surface area (Å²) in [4.78, 5) is 13.9. The first-order chi connectivity index (χ1) is 11.4. The fourth-order valence-corrected chi connectivity index (χ4v) is 3.15. The lowest BCUT2D eigenvalue weighted by molar-refractivity contribution is -0.132. The van der Waals surface area contributed by atoms with E-state index in [0.717, 1.165) is 31.9 Å². The molecular weight excluding hydrogens is 314 g/mol. The van der Waals surface area contributed by atoms with Gasteiger partial charge in [-0.2, -0.15) is 5.10 Å². The number of aromatic nitrogens is 2. The normalized spacial score (nSPS) is 21.8. The quantitative estimate of drug-likeness (QED) is 0.934. The second-order valence-corrected chi connectivity index (χ2v) is 6.36. The Morgan fingerprint density at radius 3 is 2.83 bits per heavy atom. The van der Waals surface area contributed by atoms with Crippen LogP contribution in [-0.2, 0) is 11.3 Å². The van der Waals surface area contributed by atoms with Gasteiger partial charge in [-0.25, -0.2) is 13.5 Å². The van der Waals surface area contributed by atoms with Gasteiger partial charge in [0, 0.05) is 18.8 Å². The number of nitrogens with zero attached hydrogens (tertiary/aromatic N) is 3. The van der Waals surface area contributed by atoms with Gasteiger partial charge in [-0.15, -0.1) is 0 Å². The predicted octanol–water partition coefficient (Wildman–Crippen LogP) is 2.38. The lowest BCUT2D eigenvalue weighted by Crippen LogP contribution is -2.57. The maximum Gasteiger partial charge on any atom is 0.237 e. The number of carbonyl (C=O) groups is 1. The van der Waals surface area contributed by atoms with Crippen molar-refractivity contribution in [2.24, 2.45) is 5.73 Å². The van der Waals surface area contributed by atoms with E-state index >= 15 is 0 Å². The summed E-state index contributed by atoms with van der Waals surface area (Å²) >= 11 is 0. The van der Waals surface area contributed by atoms with Crippen LogP contribution >= 0.6 is 0 Å². The third-order valence-corrected chi connectivity index (χ3v) is 4.72. The minimum atomic E-state index is -0.691. The van der Waals surface area contributed by atoms with Crippen LogP contribution in [0.2, 0.25) is 0 Å². The number of halogens is 2. The molecule has 1 amide bonds. The number of hydrogen-bond acceptors (Lipinski definition) is 3. The molecule has 1 aromatic heterocycles. The Morgan fingerprint density at radius 2 is 2.12 bits per heavy atom. The molecule has 24 heavy (non-hydrogen) atoms. The van der Waals surface area contributed by atoms with Gasteiger partial charge in [0.05, 0.1) is 11.2 Å². The van der Waals surface area contributed by atoms with Crippen molar-refractivity contribution >= 4 is 5.91 Å². The van der Waals surface area contributed by atoms with E-state index in [2.05, 4.69) is 5.10 Å². The first-order valence-electron chi connectivity index (χ1n) is 7.95. The van der Waals surface area contributed by atoms with E-state index in [0.29, 0.717) is 12.2 Å². The van der Waals surface area contributed by atoms with E-state index in [9.17, 15) is 13.6 Å². The zero-order valence-corrected chi connectivity index (χ0v) is 13.5. The number of carbonyl (C=O) groups excluding carboxylic acids is 1. The molecule has 128 valence electrons. The summed E-state index contributed by atoms with van der Waals surface area (Å²) in [7, 11) is 0. The number of likely N-dealkylation sites (tertiary alicyclic amines) is 1. The van der Waals surface area contributed by atoms with Crippen LogP contribution in [0.25, 0.3) is 5.69 Å². The van der Waals surface area contributed by atoms with Crippen LogP contribution in [0.15, 0.2) is 30.5 Å². The molecule has 1 atom stereocenters. The van der Waals surface area contributed by atoms with Crippen molar-refractivity contribution in [2.75, 3.05) is 6.54 Å². The minimum Gasteiger partial charge on any atom is -0.368 e. The summed E-state index contributed by atoms with van der Waals surface area (Å²) in [5, 5.41) is 4.35. The average Bonchev–Trinajstić information content (AvgIpc) is 2.98. The molecule has 0 saturated carbocycles. The lowest BCUT2D eigenvalue weighted by atomic mass is 9.87. The molecule has 2 N–H and O–H groups in total. The maximum absolute atomic E-state index is 13.9. The van der Waals surface area contributed by atoms with Gasteiger partial charge in [-0.1, -0.05) is 0 Å². The molecule has 7 heteroatoms. The highest BCUT2D eigenvalue weighted by Gasteiger charge is 2.39. The van der Waals surface area contributed by atoms with Crippen molar-refractivity contribution < 1.29 is 13.6 Å². The van der Waals surface area contributed by atoms with Gasteiger partial charge in [-0.05, 0) is 50.9 Å². The number of hydrogen-bond donors (Lipinski definition) is 1. The van der Waals surface area contributed by atoms with E-state index in [-0.39, 0.29) is 11.6 Å². The first kappa shape index (κ1) is 16.6. The van der Waals surface area contributed by atoms with Crippen LogP contribution in [0.3, 0.4) is 0 Å². The molecule has 1 aliphatic heterocycles. The maximum atomic E-state index is 13.9. The molecular formula is C17H20F2N4O. The summed E-state index contributed by atoms with van der Waals surface area (Å²) in [5.41, 5.74) is 5.77. The summed E-state index contributed by atoms with van der Waals surface area (Å²) in [6, 6.07) is 5.12. The molecule has 5 nitrogen and oxygen atoms in total. The molecule has 1 saturated heterocycles. The Morgan fingerprint density at radius 1 is 1.33 bits per heavy atom. The van der Waals surface area contributed by atoms with E-state index in [1.54, 1.807) is 12.3 Å². The van der Waals surface area contributed by atoms with Crippen LogP contribution in [-0.4, -0.2) is 32.7 Å². The van der Waals surface area contributed by atoms with Crippen LogP contribution in [0.1, 0.15) is 31.9 Å². The second-order valence-electron chi connectivity index (χ2n) is 6.36. The Kier molecular flexibility index (Phi) is 4.36. The minimum absolute atomic E-state index is 0.180. The molecule has 1 aliphatic rings. The number of benzene rings is 1. The van der Waals surface area contributed by atoms with Crippen molar-refractivity contribution in [2.45, 2.75) is 38.3 Å². The second kappa shape index (κ2) is 6.32.